The van der Waals surface area contributed by atoms with Crippen LogP contribution in [0.2, 0.25) is 0 Å². The normalized spacial score (nSPS) is 16.1. The molecule has 0 bridgehead atoms. The van der Waals surface area contributed by atoms with Crippen molar-refractivity contribution in [2.75, 3.05) is 0 Å². The number of rotatable bonds is 7. The fourth-order valence-corrected chi connectivity index (χ4v) is 4.33. The van der Waals surface area contributed by atoms with Crippen molar-refractivity contribution < 1.29 is 24.2 Å². The first-order valence-corrected chi connectivity index (χ1v) is 10.6. The zero-order valence-electron chi connectivity index (χ0n) is 16.8. The summed E-state index contributed by atoms with van der Waals surface area (Å²) in [7, 11) is 0. The number of nitrogens with two attached hydrogens (primary N) is 1. The highest BCUT2D eigenvalue weighted by atomic mass is 32.1. The summed E-state index contributed by atoms with van der Waals surface area (Å²) in [4.78, 5) is 26.7. The summed E-state index contributed by atoms with van der Waals surface area (Å²) in [6.45, 7) is 2.08. The van der Waals surface area contributed by atoms with E-state index < -0.39 is 18.0 Å². The van der Waals surface area contributed by atoms with Crippen LogP contribution in [0, 0.1) is 13.3 Å². The molecule has 1 aromatic heterocycles. The lowest BCUT2D eigenvalue weighted by atomic mass is 9.95. The third kappa shape index (κ3) is 4.69. The minimum atomic E-state index is -1.09. The molecule has 0 fully saturated rings. The lowest BCUT2D eigenvalue weighted by Gasteiger charge is -2.28. The summed E-state index contributed by atoms with van der Waals surface area (Å²) in [6, 6.07) is 13.7. The summed E-state index contributed by atoms with van der Waals surface area (Å²) in [5.41, 5.74) is 8.70. The molecule has 8 heteroatoms. The van der Waals surface area contributed by atoms with Gasteiger partial charge in [-0.25, -0.2) is 9.78 Å². The molecule has 0 aliphatic carbocycles. The summed E-state index contributed by atoms with van der Waals surface area (Å²) in [6.07, 6.45) is 3.19. The van der Waals surface area contributed by atoms with Crippen LogP contribution in [-0.2, 0) is 11.2 Å². The predicted octanol–water partition coefficient (Wildman–Crippen LogP) is 4.03. The van der Waals surface area contributed by atoms with Crippen LogP contribution >= 0.6 is 11.3 Å². The van der Waals surface area contributed by atoms with Crippen LogP contribution < -0.4 is 15.2 Å². The van der Waals surface area contributed by atoms with E-state index in [9.17, 15) is 9.59 Å². The maximum Gasteiger partial charge on any atom is 0.347 e. The van der Waals surface area contributed by atoms with Crippen molar-refractivity contribution in [1.29, 1.82) is 0 Å². The number of aryl methyl sites for hydroxylation is 2. The van der Waals surface area contributed by atoms with E-state index >= 15 is 0 Å². The number of hydrogen-bond donors (Lipinski definition) is 2. The van der Waals surface area contributed by atoms with Crippen molar-refractivity contribution in [2.45, 2.75) is 32.0 Å². The molecule has 0 saturated heterocycles. The van der Waals surface area contributed by atoms with Crippen LogP contribution in [0.4, 0.5) is 0 Å². The molecular weight excluding hydrogens is 416 g/mol. The average molecular weight is 437 g/mol. The summed E-state index contributed by atoms with van der Waals surface area (Å²) < 4.78 is 12.2. The number of benzene rings is 2. The van der Waals surface area contributed by atoms with Crippen LogP contribution in [0.3, 0.4) is 0 Å². The molecule has 2 heterocycles. The summed E-state index contributed by atoms with van der Waals surface area (Å²) in [5, 5.41) is 9.46. The topological polar surface area (TPSA) is 112 Å². The Hall–Kier alpha value is -3.39. The Kier molecular flexibility index (Phi) is 5.90. The van der Waals surface area contributed by atoms with Gasteiger partial charge in [-0.15, -0.1) is 11.3 Å². The first-order valence-electron chi connectivity index (χ1n) is 9.76. The van der Waals surface area contributed by atoms with Crippen LogP contribution in [0.1, 0.15) is 50.0 Å². The van der Waals surface area contributed by atoms with Crippen LogP contribution in [0.25, 0.3) is 0 Å². The Morgan fingerprint density at radius 2 is 2.13 bits per heavy atom. The fraction of sp³-hybridized carbons (Fsp3) is 0.217. The molecule has 1 radical (unpaired) electrons. The molecule has 159 valence electrons. The van der Waals surface area contributed by atoms with Crippen LogP contribution in [-0.4, -0.2) is 22.0 Å². The monoisotopic (exact) mass is 437 g/mol. The van der Waals surface area contributed by atoms with Crippen molar-refractivity contribution >= 4 is 23.2 Å². The van der Waals surface area contributed by atoms with Gasteiger partial charge in [0.15, 0.2) is 6.10 Å². The lowest BCUT2D eigenvalue weighted by Crippen LogP contribution is -2.20. The van der Waals surface area contributed by atoms with E-state index in [-0.39, 0.29) is 11.0 Å². The van der Waals surface area contributed by atoms with Crippen molar-refractivity contribution in [1.82, 2.24) is 4.98 Å². The molecular formula is C23H21N2O5S. The SMILES string of the molecule is Cc1ccccc1C1CCc2cc(OC([CH]C(N)=O)c3ncc(C(=O)O)s3)ccc2O1. The van der Waals surface area contributed by atoms with Gasteiger partial charge in [-0.2, -0.15) is 0 Å². The Morgan fingerprint density at radius 1 is 1.32 bits per heavy atom. The Bertz CT molecular complexity index is 1130. The van der Waals surface area contributed by atoms with Gasteiger partial charge in [0.25, 0.3) is 0 Å². The second kappa shape index (κ2) is 8.77. The number of carboxylic acid groups (broad SMARTS) is 1. The van der Waals surface area contributed by atoms with E-state index in [0.717, 1.165) is 35.5 Å². The van der Waals surface area contributed by atoms with Gasteiger partial charge in [0.2, 0.25) is 5.91 Å². The van der Waals surface area contributed by atoms with Crippen LogP contribution in [0.5, 0.6) is 11.5 Å². The van der Waals surface area contributed by atoms with Gasteiger partial charge in [0, 0.05) is 0 Å². The van der Waals surface area contributed by atoms with E-state index in [0.29, 0.717) is 10.8 Å². The van der Waals surface area contributed by atoms with E-state index in [2.05, 4.69) is 24.0 Å². The average Bonchev–Trinajstić information content (AvgIpc) is 3.24. The maximum atomic E-state index is 11.5. The van der Waals surface area contributed by atoms with Gasteiger partial charge in [-0.05, 0) is 54.7 Å². The van der Waals surface area contributed by atoms with Gasteiger partial charge in [-0.1, -0.05) is 24.3 Å². The smallest absolute Gasteiger partial charge is 0.347 e. The Labute approximate surface area is 183 Å². The Balaban J connectivity index is 1.53. The van der Waals surface area contributed by atoms with Gasteiger partial charge < -0.3 is 20.3 Å². The number of primary amides is 1. The number of carboxylic acids is 1. The number of aromatic nitrogens is 1. The first-order chi connectivity index (χ1) is 14.9. The molecule has 1 amide bonds. The van der Waals surface area contributed by atoms with Crippen molar-refractivity contribution in [3.63, 3.8) is 0 Å². The number of amides is 1. The standard InChI is InChI=1S/C23H21N2O5S/c1-13-4-2-3-5-16(13)18-8-6-14-10-15(7-9-17(14)30-18)29-19(11-21(24)26)22-25-12-20(31-22)23(27)28/h2-5,7,9-12,18-19H,6,8H2,1H3,(H2,24,26)(H,27,28). The number of carbonyl (C=O) groups excluding carboxylic acids is 1. The number of aromatic carboxylic acids is 1. The highest BCUT2D eigenvalue weighted by Crippen LogP contribution is 2.38. The third-order valence-electron chi connectivity index (χ3n) is 5.07. The predicted molar refractivity (Wildman–Crippen MR) is 115 cm³/mol. The van der Waals surface area contributed by atoms with E-state index in [1.165, 1.54) is 23.7 Å². The largest absolute Gasteiger partial charge is 0.485 e. The number of ether oxygens (including phenoxy) is 2. The molecule has 3 N–H and O–H groups in total. The highest BCUT2D eigenvalue weighted by Gasteiger charge is 2.25. The first kappa shape index (κ1) is 20.9. The van der Waals surface area contributed by atoms with Crippen molar-refractivity contribution in [2.24, 2.45) is 5.73 Å². The van der Waals surface area contributed by atoms with E-state index in [1.54, 1.807) is 6.07 Å². The minimum Gasteiger partial charge on any atom is -0.485 e. The molecule has 0 spiro atoms. The van der Waals surface area contributed by atoms with Gasteiger partial charge in [-0.3, -0.25) is 4.79 Å². The molecule has 0 saturated carbocycles. The lowest BCUT2D eigenvalue weighted by molar-refractivity contribution is -0.115. The third-order valence-corrected chi connectivity index (χ3v) is 6.12. The molecule has 1 aliphatic heterocycles. The molecule has 2 unspecified atom stereocenters. The van der Waals surface area contributed by atoms with Gasteiger partial charge >= 0.3 is 5.97 Å². The minimum absolute atomic E-state index is 0.00108. The van der Waals surface area contributed by atoms with Gasteiger partial charge in [0.1, 0.15) is 27.5 Å². The number of hydrogen-bond acceptors (Lipinski definition) is 6. The second-order valence-electron chi connectivity index (χ2n) is 7.25. The summed E-state index contributed by atoms with van der Waals surface area (Å²) in [5.74, 6) is -0.453. The number of carbonyl (C=O) groups is 2. The zero-order valence-corrected chi connectivity index (χ0v) is 17.6. The molecule has 2 atom stereocenters. The molecule has 1 aliphatic rings. The Morgan fingerprint density at radius 3 is 2.84 bits per heavy atom. The number of fused-ring (bicyclic) bond motifs is 1. The molecule has 31 heavy (non-hydrogen) atoms. The molecule has 4 rings (SSSR count). The fourth-order valence-electron chi connectivity index (χ4n) is 3.57. The van der Waals surface area contributed by atoms with Crippen LogP contribution in [0.15, 0.2) is 48.7 Å². The zero-order chi connectivity index (χ0) is 22.0. The number of thiazole rings is 1. The van der Waals surface area contributed by atoms with Crippen molar-refractivity contribution in [3.05, 3.63) is 81.7 Å². The molecule has 3 aromatic rings. The van der Waals surface area contributed by atoms with E-state index in [4.69, 9.17) is 20.3 Å². The number of nitrogens with zero attached hydrogens (tertiary/aromatic N) is 1. The highest BCUT2D eigenvalue weighted by molar-refractivity contribution is 7.13. The maximum absolute atomic E-state index is 11.5. The quantitative estimate of drug-likeness (QED) is 0.577. The molecule has 7 nitrogen and oxygen atoms in total. The van der Waals surface area contributed by atoms with Gasteiger partial charge in [0.05, 0.1) is 12.6 Å². The summed E-state index contributed by atoms with van der Waals surface area (Å²) >= 11 is 0.939. The van der Waals surface area contributed by atoms with E-state index in [1.807, 2.05) is 24.3 Å². The molecule has 2 aromatic carbocycles. The van der Waals surface area contributed by atoms with Crippen molar-refractivity contribution in [3.8, 4) is 11.5 Å². The second-order valence-corrected chi connectivity index (χ2v) is 8.31.